The number of para-hydroxylation sites is 2. The minimum atomic E-state index is -0.498. The lowest BCUT2D eigenvalue weighted by molar-refractivity contribution is 0.649. The van der Waals surface area contributed by atoms with E-state index in [1.54, 1.807) is 0 Å². The van der Waals surface area contributed by atoms with E-state index < -0.39 is 6.17 Å². The monoisotopic (exact) mass is 734 g/mol. The van der Waals surface area contributed by atoms with Crippen LogP contribution in [0.4, 0.5) is 11.4 Å². The Balaban J connectivity index is 0.955. The Morgan fingerprint density at radius 2 is 1.21 bits per heavy atom. The molecule has 0 spiro atoms. The smallest absolute Gasteiger partial charge is 0.173 e. The Morgan fingerprint density at radius 1 is 0.509 bits per heavy atom. The number of hydrogen-bond donors (Lipinski definition) is 1. The summed E-state index contributed by atoms with van der Waals surface area (Å²) >= 11 is 0. The number of benzene rings is 7. The molecule has 6 nitrogen and oxygen atoms in total. The minimum absolute atomic E-state index is 0.228. The maximum absolute atomic E-state index is 6.81. The average molecular weight is 735 g/mol. The largest absolute Gasteiger partial charge is 0.456 e. The van der Waals surface area contributed by atoms with Gasteiger partial charge in [0.15, 0.2) is 6.17 Å². The molecule has 9 aromatic rings. The van der Waals surface area contributed by atoms with Crippen LogP contribution in [0.5, 0.6) is 0 Å². The summed E-state index contributed by atoms with van der Waals surface area (Å²) in [7, 11) is 0. The molecule has 1 aliphatic carbocycles. The average Bonchev–Trinajstić information content (AvgIpc) is 3.96. The summed E-state index contributed by atoms with van der Waals surface area (Å²) in [6, 6.07) is 55.1. The molecule has 0 fully saturated rings. The number of rotatable bonds is 5. The van der Waals surface area contributed by atoms with Crippen LogP contribution in [0, 0.1) is 0 Å². The second kappa shape index (κ2) is 12.5. The van der Waals surface area contributed by atoms with E-state index in [9.17, 15) is 0 Å². The van der Waals surface area contributed by atoms with Crippen molar-refractivity contribution in [3.63, 3.8) is 0 Å². The molecule has 2 aliphatic heterocycles. The number of furan rings is 2. The van der Waals surface area contributed by atoms with Crippen LogP contribution >= 0.6 is 0 Å². The molecule has 2 atom stereocenters. The van der Waals surface area contributed by atoms with Crippen molar-refractivity contribution in [1.29, 1.82) is 0 Å². The number of nitrogens with zero attached hydrogens (tertiary/aromatic N) is 3. The lowest BCUT2D eigenvalue weighted by Crippen LogP contribution is -2.36. The van der Waals surface area contributed by atoms with Gasteiger partial charge in [-0.1, -0.05) is 140 Å². The van der Waals surface area contributed by atoms with E-state index in [1.165, 1.54) is 11.3 Å². The van der Waals surface area contributed by atoms with Crippen molar-refractivity contribution in [3.8, 4) is 11.1 Å². The SMILES string of the molecule is C1=CC2c3ccccc3N(c3ccc4c(c3)oc3cccc(-c5ccc6c(c5)oc5c(C7N=C(c8ccccc8)NC(c8ccccc8)=N7)cccc56)c34)C2C=C1. The highest BCUT2D eigenvalue weighted by atomic mass is 16.3. The predicted octanol–water partition coefficient (Wildman–Crippen LogP) is 12.4. The molecule has 2 aromatic heterocycles. The third-order valence-electron chi connectivity index (χ3n) is 11.7. The van der Waals surface area contributed by atoms with Crippen LogP contribution in [0.25, 0.3) is 55.0 Å². The number of allylic oxidation sites excluding steroid dienone is 2. The van der Waals surface area contributed by atoms with E-state index >= 15 is 0 Å². The van der Waals surface area contributed by atoms with Gasteiger partial charge in [0, 0.05) is 61.6 Å². The minimum Gasteiger partial charge on any atom is -0.456 e. The highest BCUT2D eigenvalue weighted by Gasteiger charge is 2.37. The van der Waals surface area contributed by atoms with E-state index in [-0.39, 0.29) is 6.04 Å². The molecule has 3 aliphatic rings. The Morgan fingerprint density at radius 3 is 2.04 bits per heavy atom. The van der Waals surface area contributed by atoms with Gasteiger partial charge in [0.25, 0.3) is 0 Å². The van der Waals surface area contributed by atoms with E-state index in [2.05, 4.69) is 156 Å². The number of amidine groups is 2. The molecule has 7 aromatic carbocycles. The fourth-order valence-electron chi connectivity index (χ4n) is 9.06. The van der Waals surface area contributed by atoms with Crippen LogP contribution < -0.4 is 10.2 Å². The Hall–Kier alpha value is -7.44. The molecule has 4 heterocycles. The lowest BCUT2D eigenvalue weighted by atomic mass is 9.91. The van der Waals surface area contributed by atoms with Crippen molar-refractivity contribution >= 4 is 66.9 Å². The van der Waals surface area contributed by atoms with E-state index in [4.69, 9.17) is 18.8 Å². The van der Waals surface area contributed by atoms with E-state index in [0.29, 0.717) is 5.92 Å². The van der Waals surface area contributed by atoms with Gasteiger partial charge in [0.1, 0.15) is 34.0 Å². The van der Waals surface area contributed by atoms with Crippen molar-refractivity contribution in [2.24, 2.45) is 9.98 Å². The van der Waals surface area contributed by atoms with Crippen LogP contribution in [0.1, 0.15) is 34.3 Å². The van der Waals surface area contributed by atoms with Gasteiger partial charge in [-0.25, -0.2) is 9.98 Å². The molecule has 0 radical (unpaired) electrons. The zero-order valence-electron chi connectivity index (χ0n) is 30.7. The fraction of sp³-hybridized carbons (Fsp3) is 0.0588. The molecular weight excluding hydrogens is 701 g/mol. The molecule has 270 valence electrons. The molecule has 6 heteroatoms. The number of hydrogen-bond acceptors (Lipinski definition) is 6. The number of aliphatic imine (C=N–C) groups is 2. The van der Waals surface area contributed by atoms with Crippen molar-refractivity contribution < 1.29 is 8.83 Å². The van der Waals surface area contributed by atoms with Crippen LogP contribution in [-0.4, -0.2) is 17.7 Å². The topological polar surface area (TPSA) is 66.3 Å². The Kier molecular flexibility index (Phi) is 7.01. The molecular formula is C51H34N4O2. The first-order valence-electron chi connectivity index (χ1n) is 19.4. The molecule has 0 saturated carbocycles. The van der Waals surface area contributed by atoms with Gasteiger partial charge in [-0.15, -0.1) is 0 Å². The van der Waals surface area contributed by atoms with Gasteiger partial charge < -0.3 is 19.1 Å². The molecule has 0 amide bonds. The summed E-state index contributed by atoms with van der Waals surface area (Å²) in [5, 5.41) is 7.76. The molecule has 12 rings (SSSR count). The number of anilines is 2. The summed E-state index contributed by atoms with van der Waals surface area (Å²) in [6.45, 7) is 0. The molecule has 57 heavy (non-hydrogen) atoms. The van der Waals surface area contributed by atoms with Crippen LogP contribution in [-0.2, 0) is 0 Å². The summed E-state index contributed by atoms with van der Waals surface area (Å²) in [4.78, 5) is 12.7. The van der Waals surface area contributed by atoms with Gasteiger partial charge in [0.2, 0.25) is 0 Å². The zero-order chi connectivity index (χ0) is 37.5. The summed E-state index contributed by atoms with van der Waals surface area (Å²) in [5.74, 6) is 1.87. The van der Waals surface area contributed by atoms with Crippen molar-refractivity contribution in [2.45, 2.75) is 18.1 Å². The lowest BCUT2D eigenvalue weighted by Gasteiger charge is -2.28. The Bertz CT molecular complexity index is 3130. The molecule has 0 bridgehead atoms. The summed E-state index contributed by atoms with van der Waals surface area (Å²) in [5.41, 5.74) is 12.1. The van der Waals surface area contributed by atoms with E-state index in [1.807, 2.05) is 36.4 Å². The van der Waals surface area contributed by atoms with E-state index in [0.717, 1.165) is 89.1 Å². The van der Waals surface area contributed by atoms with Gasteiger partial charge in [-0.05, 0) is 53.1 Å². The first-order chi connectivity index (χ1) is 28.2. The van der Waals surface area contributed by atoms with Crippen LogP contribution in [0.3, 0.4) is 0 Å². The van der Waals surface area contributed by atoms with Gasteiger partial charge >= 0.3 is 0 Å². The normalized spacial score (nSPS) is 17.6. The third kappa shape index (κ3) is 5.04. The predicted molar refractivity (Wildman–Crippen MR) is 232 cm³/mol. The summed E-state index contributed by atoms with van der Waals surface area (Å²) < 4.78 is 13.4. The summed E-state index contributed by atoms with van der Waals surface area (Å²) in [6.07, 6.45) is 8.44. The molecule has 0 saturated heterocycles. The van der Waals surface area contributed by atoms with Crippen molar-refractivity contribution in [2.75, 3.05) is 4.90 Å². The highest BCUT2D eigenvalue weighted by Crippen LogP contribution is 2.49. The quantitative estimate of drug-likeness (QED) is 0.191. The van der Waals surface area contributed by atoms with Gasteiger partial charge in [-0.3, -0.25) is 0 Å². The number of nitrogens with one attached hydrogen (secondary N) is 1. The second-order valence-corrected chi connectivity index (χ2v) is 14.9. The second-order valence-electron chi connectivity index (χ2n) is 14.9. The third-order valence-corrected chi connectivity index (χ3v) is 11.7. The van der Waals surface area contributed by atoms with Crippen molar-refractivity contribution in [1.82, 2.24) is 5.32 Å². The highest BCUT2D eigenvalue weighted by molar-refractivity contribution is 6.17. The van der Waals surface area contributed by atoms with Crippen LogP contribution in [0.15, 0.2) is 201 Å². The van der Waals surface area contributed by atoms with Gasteiger partial charge in [-0.2, -0.15) is 0 Å². The first kappa shape index (κ1) is 31.9. The fourth-order valence-corrected chi connectivity index (χ4v) is 9.06. The number of fused-ring (bicyclic) bond motifs is 9. The molecule has 1 N–H and O–H groups in total. The Labute approximate surface area is 328 Å². The zero-order valence-corrected chi connectivity index (χ0v) is 30.7. The maximum atomic E-state index is 6.81. The maximum Gasteiger partial charge on any atom is 0.173 e. The standard InChI is InChI=1S/C51H34N4O2/c1-3-13-31(14-4-1)49-52-50(32-15-5-2-6-16-32)54-51(53-49)41-21-11-20-39-38-27-25-33(29-45(38)57-48(39)41)35-19-12-24-44-47(35)40-28-26-34(30-46(40)56-44)55-42-22-9-7-17-36(42)37-18-8-10-23-43(37)55/h1-30,36,42,51H,(H,52,53,54). The molecule has 2 unspecified atom stereocenters. The first-order valence-corrected chi connectivity index (χ1v) is 19.4. The van der Waals surface area contributed by atoms with Crippen LogP contribution in [0.2, 0.25) is 0 Å². The van der Waals surface area contributed by atoms with Crippen molar-refractivity contribution in [3.05, 3.63) is 204 Å². The van der Waals surface area contributed by atoms with Gasteiger partial charge in [0.05, 0.1) is 6.04 Å².